The summed E-state index contributed by atoms with van der Waals surface area (Å²) < 4.78 is 27.5. The van der Waals surface area contributed by atoms with Crippen molar-refractivity contribution in [2.45, 2.75) is 45.8 Å². The lowest BCUT2D eigenvalue weighted by atomic mass is 9.80. The third-order valence-electron chi connectivity index (χ3n) is 4.38. The van der Waals surface area contributed by atoms with E-state index in [2.05, 4.69) is 5.32 Å². The van der Waals surface area contributed by atoms with Gasteiger partial charge in [-0.3, -0.25) is 5.32 Å². The predicted molar refractivity (Wildman–Crippen MR) is 102 cm³/mol. The van der Waals surface area contributed by atoms with Crippen LogP contribution in [0.15, 0.2) is 6.07 Å². The number of carbonyl (C=O) groups excluding carboxylic acids is 2. The van der Waals surface area contributed by atoms with Crippen molar-refractivity contribution < 1.29 is 33.3 Å². The minimum atomic E-state index is -1.84. The van der Waals surface area contributed by atoms with Crippen molar-refractivity contribution in [3.05, 3.63) is 17.2 Å². The molecule has 1 aromatic carbocycles. The highest BCUT2D eigenvalue weighted by Gasteiger charge is 2.56. The second-order valence-electron chi connectivity index (χ2n) is 6.51. The van der Waals surface area contributed by atoms with E-state index in [9.17, 15) is 9.59 Å². The van der Waals surface area contributed by atoms with Crippen LogP contribution in [0.3, 0.4) is 0 Å². The van der Waals surface area contributed by atoms with Gasteiger partial charge < -0.3 is 23.7 Å². The molecule has 28 heavy (non-hydrogen) atoms. The number of rotatable bonds is 8. The van der Waals surface area contributed by atoms with Crippen LogP contribution in [-0.4, -0.2) is 52.0 Å². The Hall–Kier alpha value is -2.48. The van der Waals surface area contributed by atoms with Gasteiger partial charge in [0.25, 0.3) is 0 Å². The molecule has 1 heterocycles. The first kappa shape index (κ1) is 21.8. The fourth-order valence-electron chi connectivity index (χ4n) is 3.35. The van der Waals surface area contributed by atoms with Gasteiger partial charge in [-0.25, -0.2) is 9.59 Å². The van der Waals surface area contributed by atoms with Gasteiger partial charge in [-0.2, -0.15) is 0 Å². The van der Waals surface area contributed by atoms with Gasteiger partial charge in [0.1, 0.15) is 0 Å². The summed E-state index contributed by atoms with van der Waals surface area (Å²) in [6.45, 7) is 7.66. The lowest BCUT2D eigenvalue weighted by Crippen LogP contribution is -2.60. The van der Waals surface area contributed by atoms with E-state index in [1.165, 1.54) is 14.2 Å². The summed E-state index contributed by atoms with van der Waals surface area (Å²) in [6.07, 6.45) is 0.319. The highest BCUT2D eigenvalue weighted by atomic mass is 16.6. The SMILES string of the molecule is CCOC(=O)C1(C(=O)OCC)NCCc2cc(OC)c(OC)c(OC(C)C)c21. The number of ether oxygens (including phenoxy) is 5. The van der Waals surface area contributed by atoms with Gasteiger partial charge in [0, 0.05) is 12.1 Å². The minimum absolute atomic E-state index is 0.116. The molecular weight excluding hydrogens is 366 g/mol. The fourth-order valence-corrected chi connectivity index (χ4v) is 3.35. The van der Waals surface area contributed by atoms with E-state index in [4.69, 9.17) is 23.7 Å². The van der Waals surface area contributed by atoms with Gasteiger partial charge in [0.05, 0.1) is 33.5 Å². The molecule has 0 aromatic heterocycles. The molecule has 2 rings (SSSR count). The van der Waals surface area contributed by atoms with Gasteiger partial charge in [-0.1, -0.05) is 0 Å². The molecule has 8 heteroatoms. The molecule has 1 aliphatic rings. The normalized spacial score (nSPS) is 14.8. The Labute approximate surface area is 165 Å². The molecule has 1 N–H and O–H groups in total. The lowest BCUT2D eigenvalue weighted by molar-refractivity contribution is -0.167. The highest BCUT2D eigenvalue weighted by molar-refractivity contribution is 6.07. The lowest BCUT2D eigenvalue weighted by Gasteiger charge is -2.37. The van der Waals surface area contributed by atoms with Gasteiger partial charge in [0.2, 0.25) is 11.3 Å². The number of hydrogen-bond acceptors (Lipinski definition) is 8. The third-order valence-corrected chi connectivity index (χ3v) is 4.38. The maximum Gasteiger partial charge on any atom is 0.343 e. The maximum absolute atomic E-state index is 13.1. The molecule has 0 amide bonds. The topological polar surface area (TPSA) is 92.3 Å². The molecule has 0 unspecified atom stereocenters. The summed E-state index contributed by atoms with van der Waals surface area (Å²) in [4.78, 5) is 26.2. The number of carbonyl (C=O) groups is 2. The van der Waals surface area contributed by atoms with Gasteiger partial charge >= 0.3 is 11.9 Å². The van der Waals surface area contributed by atoms with E-state index in [-0.39, 0.29) is 25.1 Å². The zero-order valence-corrected chi connectivity index (χ0v) is 17.3. The molecule has 156 valence electrons. The van der Waals surface area contributed by atoms with Gasteiger partial charge in [-0.05, 0) is 45.7 Å². The summed E-state index contributed by atoms with van der Waals surface area (Å²) in [5.41, 5.74) is -0.765. The van der Waals surface area contributed by atoms with Crippen molar-refractivity contribution in [2.24, 2.45) is 0 Å². The minimum Gasteiger partial charge on any atom is -0.493 e. The maximum atomic E-state index is 13.1. The third kappa shape index (κ3) is 3.73. The molecule has 0 saturated heterocycles. The van der Waals surface area contributed by atoms with Gasteiger partial charge in [0.15, 0.2) is 11.5 Å². The first-order chi connectivity index (χ1) is 13.4. The van der Waals surface area contributed by atoms with Crippen LogP contribution in [-0.2, 0) is 31.0 Å². The van der Waals surface area contributed by atoms with Gasteiger partial charge in [-0.15, -0.1) is 0 Å². The number of nitrogens with one attached hydrogen (secondary N) is 1. The van der Waals surface area contributed by atoms with Crippen molar-refractivity contribution >= 4 is 11.9 Å². The van der Waals surface area contributed by atoms with Crippen molar-refractivity contribution in [2.75, 3.05) is 34.0 Å². The Bertz CT molecular complexity index is 712. The quantitative estimate of drug-likeness (QED) is 0.528. The second-order valence-corrected chi connectivity index (χ2v) is 6.51. The van der Waals surface area contributed by atoms with E-state index in [1.54, 1.807) is 19.9 Å². The van der Waals surface area contributed by atoms with Crippen LogP contribution in [0, 0.1) is 0 Å². The Morgan fingerprint density at radius 2 is 1.68 bits per heavy atom. The zero-order chi connectivity index (χ0) is 20.9. The summed E-state index contributed by atoms with van der Waals surface area (Å²) in [6, 6.07) is 1.76. The van der Waals surface area contributed by atoms with Crippen LogP contribution in [0.5, 0.6) is 17.2 Å². The standard InChI is InChI=1S/C20H29NO7/c1-7-26-18(22)20(19(23)27-8-2)15-13(9-10-21-20)11-14(24-5)16(25-6)17(15)28-12(3)4/h11-12,21H,7-10H2,1-6H3. The second kappa shape index (κ2) is 9.14. The largest absolute Gasteiger partial charge is 0.493 e. The molecule has 1 aromatic rings. The first-order valence-corrected chi connectivity index (χ1v) is 9.41. The molecule has 0 spiro atoms. The Balaban J connectivity index is 2.87. The number of benzene rings is 1. The zero-order valence-electron chi connectivity index (χ0n) is 17.3. The number of fused-ring (bicyclic) bond motifs is 1. The molecule has 0 radical (unpaired) electrons. The van der Waals surface area contributed by atoms with E-state index >= 15 is 0 Å². The van der Waals surface area contributed by atoms with Crippen LogP contribution in [0.4, 0.5) is 0 Å². The van der Waals surface area contributed by atoms with E-state index in [1.807, 2.05) is 13.8 Å². The first-order valence-electron chi connectivity index (χ1n) is 9.41. The van der Waals surface area contributed by atoms with Crippen molar-refractivity contribution in [1.29, 1.82) is 0 Å². The average Bonchev–Trinajstić information content (AvgIpc) is 2.66. The van der Waals surface area contributed by atoms with Crippen LogP contribution in [0.2, 0.25) is 0 Å². The van der Waals surface area contributed by atoms with Crippen LogP contribution >= 0.6 is 0 Å². The Kier molecular flexibility index (Phi) is 7.12. The smallest absolute Gasteiger partial charge is 0.343 e. The fraction of sp³-hybridized carbons (Fsp3) is 0.600. The number of esters is 2. The van der Waals surface area contributed by atoms with E-state index in [0.717, 1.165) is 5.56 Å². The van der Waals surface area contributed by atoms with Crippen LogP contribution in [0.25, 0.3) is 0 Å². The molecular formula is C20H29NO7. The number of methoxy groups -OCH3 is 2. The molecule has 0 aliphatic carbocycles. The summed E-state index contributed by atoms with van der Waals surface area (Å²) in [5.74, 6) is -0.456. The molecule has 8 nitrogen and oxygen atoms in total. The Morgan fingerprint density at radius 1 is 1.07 bits per heavy atom. The molecule has 0 saturated carbocycles. The molecule has 1 aliphatic heterocycles. The van der Waals surface area contributed by atoms with Crippen molar-refractivity contribution in [3.8, 4) is 17.2 Å². The predicted octanol–water partition coefficient (Wildman–Crippen LogP) is 1.96. The van der Waals surface area contributed by atoms with Crippen molar-refractivity contribution in [3.63, 3.8) is 0 Å². The summed E-state index contributed by atoms with van der Waals surface area (Å²) in [7, 11) is 3.00. The monoisotopic (exact) mass is 395 g/mol. The molecule has 0 bridgehead atoms. The van der Waals surface area contributed by atoms with E-state index in [0.29, 0.717) is 30.0 Å². The van der Waals surface area contributed by atoms with Crippen molar-refractivity contribution in [1.82, 2.24) is 5.32 Å². The summed E-state index contributed by atoms with van der Waals surface area (Å²) in [5, 5.41) is 3.03. The highest BCUT2D eigenvalue weighted by Crippen LogP contribution is 2.48. The molecule has 0 atom stereocenters. The average molecular weight is 395 g/mol. The van der Waals surface area contributed by atoms with Crippen LogP contribution in [0.1, 0.15) is 38.8 Å². The Morgan fingerprint density at radius 3 is 2.14 bits per heavy atom. The van der Waals surface area contributed by atoms with E-state index < -0.39 is 17.5 Å². The van der Waals surface area contributed by atoms with Crippen LogP contribution < -0.4 is 19.5 Å². The summed E-state index contributed by atoms with van der Waals surface area (Å²) >= 11 is 0. The molecule has 0 fully saturated rings. The number of hydrogen-bond donors (Lipinski definition) is 1.